The van der Waals surface area contributed by atoms with Gasteiger partial charge in [0, 0.05) is 11.7 Å². The van der Waals surface area contributed by atoms with Crippen LogP contribution >= 0.6 is 15.9 Å². The fourth-order valence-corrected chi connectivity index (χ4v) is 3.09. The van der Waals surface area contributed by atoms with Crippen LogP contribution in [-0.2, 0) is 0 Å². The molecule has 1 aromatic rings. The number of nitriles is 1. The molecule has 1 aliphatic rings. The lowest BCUT2D eigenvalue weighted by molar-refractivity contribution is 0.513. The van der Waals surface area contributed by atoms with Crippen LogP contribution in [0.5, 0.6) is 0 Å². The van der Waals surface area contributed by atoms with E-state index in [1.807, 2.05) is 6.92 Å². The lowest BCUT2D eigenvalue weighted by Crippen LogP contribution is -2.27. The van der Waals surface area contributed by atoms with E-state index in [4.69, 9.17) is 0 Å². The molecule has 2 rings (SSSR count). The average molecular weight is 325 g/mol. The van der Waals surface area contributed by atoms with Gasteiger partial charge in [-0.1, -0.05) is 19.3 Å². The summed E-state index contributed by atoms with van der Waals surface area (Å²) in [6.07, 6.45) is 5.35. The molecule has 0 bridgehead atoms. The van der Waals surface area contributed by atoms with Crippen LogP contribution in [-0.4, -0.2) is 6.04 Å². The third-order valence-electron chi connectivity index (χ3n) is 3.79. The molecule has 0 spiro atoms. The van der Waals surface area contributed by atoms with Gasteiger partial charge in [0.2, 0.25) is 0 Å². The Bertz CT molecular complexity index is 496. The number of hydrogen-bond donors (Lipinski definition) is 1. The predicted molar refractivity (Wildman–Crippen MR) is 78.4 cm³/mol. The van der Waals surface area contributed by atoms with E-state index in [0.29, 0.717) is 4.47 Å². The number of nitrogens with one attached hydrogen (secondary N) is 1. The Morgan fingerprint density at radius 1 is 1.32 bits per heavy atom. The van der Waals surface area contributed by atoms with Crippen molar-refractivity contribution in [1.29, 1.82) is 5.26 Å². The van der Waals surface area contributed by atoms with Crippen LogP contribution < -0.4 is 5.32 Å². The molecule has 2 nitrogen and oxygen atoms in total. The zero-order valence-corrected chi connectivity index (χ0v) is 12.6. The predicted octanol–water partition coefficient (Wildman–Crippen LogP) is 4.78. The highest BCUT2D eigenvalue weighted by molar-refractivity contribution is 9.10. The summed E-state index contributed by atoms with van der Waals surface area (Å²) < 4.78 is 14.1. The van der Waals surface area contributed by atoms with Gasteiger partial charge in [-0.2, -0.15) is 5.26 Å². The fourth-order valence-electron chi connectivity index (χ4n) is 2.64. The number of aryl methyl sites for hydroxylation is 1. The Morgan fingerprint density at radius 3 is 2.79 bits per heavy atom. The van der Waals surface area contributed by atoms with Gasteiger partial charge in [0.05, 0.1) is 16.5 Å². The highest BCUT2D eigenvalue weighted by Crippen LogP contribution is 2.29. The van der Waals surface area contributed by atoms with Crippen molar-refractivity contribution in [2.24, 2.45) is 5.92 Å². The van der Waals surface area contributed by atoms with Gasteiger partial charge in [0.15, 0.2) is 0 Å². The summed E-state index contributed by atoms with van der Waals surface area (Å²) in [5, 5.41) is 12.6. The van der Waals surface area contributed by atoms with Gasteiger partial charge in [0.1, 0.15) is 5.82 Å². The van der Waals surface area contributed by atoms with Crippen LogP contribution in [0, 0.1) is 30.0 Å². The minimum atomic E-state index is -0.268. The van der Waals surface area contributed by atoms with Gasteiger partial charge >= 0.3 is 0 Å². The van der Waals surface area contributed by atoms with Gasteiger partial charge in [-0.15, -0.1) is 0 Å². The van der Waals surface area contributed by atoms with Crippen molar-refractivity contribution in [1.82, 2.24) is 0 Å². The summed E-state index contributed by atoms with van der Waals surface area (Å²) in [6, 6.07) is 5.81. The molecule has 102 valence electrons. The van der Waals surface area contributed by atoms with Crippen molar-refractivity contribution in [3.8, 4) is 6.07 Å². The van der Waals surface area contributed by atoms with Gasteiger partial charge in [-0.25, -0.2) is 4.39 Å². The number of anilines is 1. The lowest BCUT2D eigenvalue weighted by Gasteiger charge is -2.23. The number of hydrogen-bond acceptors (Lipinski definition) is 2. The molecule has 0 aliphatic heterocycles. The Hall–Kier alpha value is -1.08. The quantitative estimate of drug-likeness (QED) is 0.794. The molecule has 0 heterocycles. The van der Waals surface area contributed by atoms with Crippen LogP contribution in [0.25, 0.3) is 0 Å². The third-order valence-corrected chi connectivity index (χ3v) is 4.40. The maximum atomic E-state index is 13.6. The summed E-state index contributed by atoms with van der Waals surface area (Å²) in [5.74, 6) is -0.246. The Balaban J connectivity index is 2.19. The van der Waals surface area contributed by atoms with Crippen LogP contribution in [0.2, 0.25) is 0 Å². The van der Waals surface area contributed by atoms with E-state index in [-0.39, 0.29) is 17.8 Å². The average Bonchev–Trinajstić information content (AvgIpc) is 2.61. The summed E-state index contributed by atoms with van der Waals surface area (Å²) in [6.45, 7) is 1.95. The number of benzene rings is 1. The van der Waals surface area contributed by atoms with Crippen LogP contribution in [0.1, 0.15) is 37.7 Å². The Kier molecular flexibility index (Phi) is 4.81. The summed E-state index contributed by atoms with van der Waals surface area (Å²) in [5.41, 5.74) is 1.79. The first kappa shape index (κ1) is 14.3. The molecule has 1 aliphatic carbocycles. The molecular weight excluding hydrogens is 307 g/mol. The largest absolute Gasteiger partial charge is 0.381 e. The zero-order chi connectivity index (χ0) is 13.8. The second-order valence-electron chi connectivity index (χ2n) is 5.21. The van der Waals surface area contributed by atoms with E-state index < -0.39 is 0 Å². The van der Waals surface area contributed by atoms with E-state index >= 15 is 0 Å². The Labute approximate surface area is 122 Å². The maximum Gasteiger partial charge on any atom is 0.139 e. The minimum absolute atomic E-state index is 0.0219. The van der Waals surface area contributed by atoms with Gasteiger partial charge < -0.3 is 5.32 Å². The molecule has 0 amide bonds. The van der Waals surface area contributed by atoms with Crippen molar-refractivity contribution in [2.75, 3.05) is 5.32 Å². The highest BCUT2D eigenvalue weighted by Gasteiger charge is 2.24. The molecule has 0 aromatic heterocycles. The monoisotopic (exact) mass is 324 g/mol. The van der Waals surface area contributed by atoms with E-state index in [1.54, 1.807) is 6.07 Å². The fraction of sp³-hybridized carbons (Fsp3) is 0.533. The first-order valence-electron chi connectivity index (χ1n) is 6.73. The highest BCUT2D eigenvalue weighted by atomic mass is 79.9. The molecule has 2 atom stereocenters. The van der Waals surface area contributed by atoms with Gasteiger partial charge in [-0.05, 0) is 53.4 Å². The molecule has 1 N–H and O–H groups in total. The molecule has 1 fully saturated rings. The Morgan fingerprint density at radius 2 is 2.05 bits per heavy atom. The maximum absolute atomic E-state index is 13.6. The number of nitrogens with zero attached hydrogens (tertiary/aromatic N) is 1. The van der Waals surface area contributed by atoms with E-state index in [2.05, 4.69) is 27.3 Å². The minimum Gasteiger partial charge on any atom is -0.381 e. The molecule has 0 radical (unpaired) electrons. The second-order valence-corrected chi connectivity index (χ2v) is 6.06. The summed E-state index contributed by atoms with van der Waals surface area (Å²) in [7, 11) is 0. The molecule has 2 unspecified atom stereocenters. The van der Waals surface area contributed by atoms with E-state index in [1.165, 1.54) is 12.5 Å². The van der Waals surface area contributed by atoms with E-state index in [9.17, 15) is 9.65 Å². The third kappa shape index (κ3) is 3.48. The molecule has 19 heavy (non-hydrogen) atoms. The van der Waals surface area contributed by atoms with Gasteiger partial charge in [-0.3, -0.25) is 0 Å². The topological polar surface area (TPSA) is 35.8 Å². The van der Waals surface area contributed by atoms with Crippen LogP contribution in [0.15, 0.2) is 16.6 Å². The van der Waals surface area contributed by atoms with Crippen molar-refractivity contribution in [2.45, 2.75) is 45.1 Å². The SMILES string of the molecule is Cc1cc(Br)c(F)cc1NC1CCCCCC1C#N. The first-order chi connectivity index (χ1) is 9.11. The summed E-state index contributed by atoms with van der Waals surface area (Å²) >= 11 is 3.19. The number of halogens is 2. The van der Waals surface area contributed by atoms with Crippen molar-refractivity contribution in [3.63, 3.8) is 0 Å². The van der Waals surface area contributed by atoms with Crippen molar-refractivity contribution < 1.29 is 4.39 Å². The van der Waals surface area contributed by atoms with Crippen LogP contribution in [0.4, 0.5) is 10.1 Å². The summed E-state index contributed by atoms with van der Waals surface area (Å²) in [4.78, 5) is 0. The molecule has 1 aromatic carbocycles. The second kappa shape index (κ2) is 6.38. The van der Waals surface area contributed by atoms with Crippen molar-refractivity contribution >= 4 is 21.6 Å². The standard InChI is InChI=1S/C15H18BrFN2/c1-10-7-12(16)13(17)8-15(10)19-14-6-4-2-3-5-11(14)9-18/h7-8,11,14,19H,2-6H2,1H3. The molecule has 0 saturated heterocycles. The van der Waals surface area contributed by atoms with Crippen molar-refractivity contribution in [3.05, 3.63) is 28.0 Å². The van der Waals surface area contributed by atoms with Crippen LogP contribution in [0.3, 0.4) is 0 Å². The molecule has 1 saturated carbocycles. The first-order valence-corrected chi connectivity index (χ1v) is 7.53. The smallest absolute Gasteiger partial charge is 0.139 e. The number of rotatable bonds is 2. The normalized spacial score (nSPS) is 23.5. The lowest BCUT2D eigenvalue weighted by atomic mass is 9.96. The molecular formula is C15H18BrFN2. The molecule has 4 heteroatoms. The van der Waals surface area contributed by atoms with Gasteiger partial charge in [0.25, 0.3) is 0 Å². The van der Waals surface area contributed by atoms with E-state index in [0.717, 1.165) is 36.9 Å². The zero-order valence-electron chi connectivity index (χ0n) is 11.0.